The van der Waals surface area contributed by atoms with Crippen LogP contribution in [0, 0.1) is 5.92 Å². The third-order valence-corrected chi connectivity index (χ3v) is 3.73. The van der Waals surface area contributed by atoms with E-state index in [-0.39, 0.29) is 17.7 Å². The molecule has 0 aromatic heterocycles. The second-order valence-electron chi connectivity index (χ2n) is 4.55. The van der Waals surface area contributed by atoms with Crippen LogP contribution in [0.2, 0.25) is 10.0 Å². The van der Waals surface area contributed by atoms with Gasteiger partial charge >= 0.3 is 0 Å². The Balaban J connectivity index is 1.92. The molecule has 1 fully saturated rings. The number of hydrogen-bond acceptors (Lipinski definition) is 2. The lowest BCUT2D eigenvalue weighted by Crippen LogP contribution is -2.27. The molecule has 1 saturated carbocycles. The zero-order valence-electron chi connectivity index (χ0n) is 9.96. The Morgan fingerprint density at radius 1 is 1.44 bits per heavy atom. The average Bonchev–Trinajstić information content (AvgIpc) is 3.09. The van der Waals surface area contributed by atoms with Gasteiger partial charge < -0.3 is 11.1 Å². The van der Waals surface area contributed by atoms with Crippen LogP contribution >= 0.6 is 23.2 Å². The molecule has 0 spiro atoms. The van der Waals surface area contributed by atoms with Gasteiger partial charge in [0.1, 0.15) is 0 Å². The van der Waals surface area contributed by atoms with E-state index in [9.17, 15) is 4.79 Å². The van der Waals surface area contributed by atoms with Crippen LogP contribution in [0.5, 0.6) is 0 Å². The van der Waals surface area contributed by atoms with E-state index >= 15 is 0 Å². The molecule has 0 bridgehead atoms. The molecular weight excluding hydrogens is 271 g/mol. The largest absolute Gasteiger partial charge is 0.356 e. The molecule has 1 aliphatic carbocycles. The molecule has 1 aliphatic rings. The molecule has 3 nitrogen and oxygen atoms in total. The molecule has 2 rings (SSSR count). The number of benzene rings is 1. The van der Waals surface area contributed by atoms with Gasteiger partial charge in [-0.05, 0) is 43.0 Å². The highest BCUT2D eigenvalue weighted by Crippen LogP contribution is 2.49. The predicted octanol–water partition coefficient (Wildman–Crippen LogP) is 2.56. The number of halogens is 2. The SMILES string of the molecule is NCCCNC(=O)C1CC1c1ccc(Cl)cc1Cl. The van der Waals surface area contributed by atoms with Crippen molar-refractivity contribution in [2.75, 3.05) is 13.1 Å². The summed E-state index contributed by atoms with van der Waals surface area (Å²) < 4.78 is 0. The van der Waals surface area contributed by atoms with E-state index < -0.39 is 0 Å². The molecule has 0 aliphatic heterocycles. The van der Waals surface area contributed by atoms with Crippen molar-refractivity contribution in [1.82, 2.24) is 5.32 Å². The van der Waals surface area contributed by atoms with E-state index in [4.69, 9.17) is 28.9 Å². The molecule has 2 unspecified atom stereocenters. The van der Waals surface area contributed by atoms with Crippen LogP contribution in [-0.2, 0) is 4.79 Å². The van der Waals surface area contributed by atoms with Crippen molar-refractivity contribution >= 4 is 29.1 Å². The lowest BCUT2D eigenvalue weighted by molar-refractivity contribution is -0.122. The van der Waals surface area contributed by atoms with Crippen molar-refractivity contribution in [2.45, 2.75) is 18.8 Å². The van der Waals surface area contributed by atoms with Crippen LogP contribution < -0.4 is 11.1 Å². The fraction of sp³-hybridized carbons (Fsp3) is 0.462. The molecular formula is C13H16Cl2N2O. The average molecular weight is 287 g/mol. The molecule has 0 radical (unpaired) electrons. The number of nitrogens with two attached hydrogens (primary N) is 1. The van der Waals surface area contributed by atoms with Gasteiger partial charge in [0.25, 0.3) is 0 Å². The van der Waals surface area contributed by atoms with E-state index in [0.717, 1.165) is 18.4 Å². The van der Waals surface area contributed by atoms with Gasteiger partial charge in [-0.15, -0.1) is 0 Å². The fourth-order valence-electron chi connectivity index (χ4n) is 2.08. The minimum Gasteiger partial charge on any atom is -0.356 e. The Hall–Kier alpha value is -0.770. The highest BCUT2D eigenvalue weighted by Gasteiger charge is 2.44. The molecule has 0 saturated heterocycles. The summed E-state index contributed by atoms with van der Waals surface area (Å²) in [6, 6.07) is 5.44. The smallest absolute Gasteiger partial charge is 0.223 e. The van der Waals surface area contributed by atoms with Crippen molar-refractivity contribution in [1.29, 1.82) is 0 Å². The zero-order valence-corrected chi connectivity index (χ0v) is 11.5. The van der Waals surface area contributed by atoms with Gasteiger partial charge in [-0.1, -0.05) is 29.3 Å². The molecule has 1 aromatic rings. The minimum atomic E-state index is 0.0430. The quantitative estimate of drug-likeness (QED) is 0.818. The summed E-state index contributed by atoms with van der Waals surface area (Å²) in [4.78, 5) is 11.8. The second kappa shape index (κ2) is 5.91. The molecule has 18 heavy (non-hydrogen) atoms. The van der Waals surface area contributed by atoms with E-state index in [0.29, 0.717) is 23.1 Å². The van der Waals surface area contributed by atoms with Crippen LogP contribution in [0.4, 0.5) is 0 Å². The number of amides is 1. The third kappa shape index (κ3) is 3.16. The Labute approximate surface area is 117 Å². The normalized spacial score (nSPS) is 21.7. The van der Waals surface area contributed by atoms with Gasteiger partial charge in [-0.2, -0.15) is 0 Å². The van der Waals surface area contributed by atoms with Crippen LogP contribution in [0.1, 0.15) is 24.3 Å². The summed E-state index contributed by atoms with van der Waals surface area (Å²) in [5.41, 5.74) is 6.39. The van der Waals surface area contributed by atoms with Crippen LogP contribution in [0.15, 0.2) is 18.2 Å². The van der Waals surface area contributed by atoms with E-state index in [2.05, 4.69) is 5.32 Å². The maximum Gasteiger partial charge on any atom is 0.223 e. The van der Waals surface area contributed by atoms with Gasteiger partial charge in [0.15, 0.2) is 0 Å². The first-order valence-corrected chi connectivity index (χ1v) is 6.82. The summed E-state index contributed by atoms with van der Waals surface area (Å²) in [7, 11) is 0. The summed E-state index contributed by atoms with van der Waals surface area (Å²) >= 11 is 12.0. The highest BCUT2D eigenvalue weighted by molar-refractivity contribution is 6.35. The fourth-order valence-corrected chi connectivity index (χ4v) is 2.62. The lowest BCUT2D eigenvalue weighted by Gasteiger charge is -2.05. The number of carbonyl (C=O) groups is 1. The number of nitrogens with one attached hydrogen (secondary N) is 1. The first kappa shape index (κ1) is 13.7. The van der Waals surface area contributed by atoms with Crippen molar-refractivity contribution in [2.24, 2.45) is 11.7 Å². The topological polar surface area (TPSA) is 55.1 Å². The van der Waals surface area contributed by atoms with E-state index in [1.165, 1.54) is 0 Å². The van der Waals surface area contributed by atoms with Gasteiger partial charge in [-0.3, -0.25) is 4.79 Å². The first-order valence-electron chi connectivity index (χ1n) is 6.06. The van der Waals surface area contributed by atoms with Gasteiger partial charge in [0.05, 0.1) is 0 Å². The minimum absolute atomic E-state index is 0.0430. The van der Waals surface area contributed by atoms with Gasteiger partial charge in [0, 0.05) is 22.5 Å². The number of rotatable bonds is 5. The van der Waals surface area contributed by atoms with Crippen molar-refractivity contribution in [3.05, 3.63) is 33.8 Å². The number of carbonyl (C=O) groups excluding carboxylic acids is 1. The van der Waals surface area contributed by atoms with Crippen molar-refractivity contribution in [3.8, 4) is 0 Å². The maximum absolute atomic E-state index is 11.8. The third-order valence-electron chi connectivity index (χ3n) is 3.17. The summed E-state index contributed by atoms with van der Waals surface area (Å²) in [6.45, 7) is 1.24. The molecule has 5 heteroatoms. The molecule has 0 heterocycles. The Morgan fingerprint density at radius 3 is 2.89 bits per heavy atom. The Bertz CT molecular complexity index is 451. The van der Waals surface area contributed by atoms with Crippen LogP contribution in [-0.4, -0.2) is 19.0 Å². The summed E-state index contributed by atoms with van der Waals surface area (Å²) in [5.74, 6) is 0.369. The maximum atomic E-state index is 11.8. The van der Waals surface area contributed by atoms with Crippen molar-refractivity contribution < 1.29 is 4.79 Å². The second-order valence-corrected chi connectivity index (χ2v) is 5.39. The van der Waals surface area contributed by atoms with Gasteiger partial charge in [-0.25, -0.2) is 0 Å². The van der Waals surface area contributed by atoms with Crippen LogP contribution in [0.25, 0.3) is 0 Å². The number of hydrogen-bond donors (Lipinski definition) is 2. The first-order chi connectivity index (χ1) is 8.63. The van der Waals surface area contributed by atoms with Crippen LogP contribution in [0.3, 0.4) is 0 Å². The molecule has 1 aromatic carbocycles. The van der Waals surface area contributed by atoms with E-state index in [1.54, 1.807) is 6.07 Å². The molecule has 1 amide bonds. The summed E-state index contributed by atoms with van der Waals surface area (Å²) in [6.07, 6.45) is 1.67. The van der Waals surface area contributed by atoms with Crippen molar-refractivity contribution in [3.63, 3.8) is 0 Å². The molecule has 98 valence electrons. The zero-order chi connectivity index (χ0) is 13.1. The lowest BCUT2D eigenvalue weighted by atomic mass is 10.1. The highest BCUT2D eigenvalue weighted by atomic mass is 35.5. The monoisotopic (exact) mass is 286 g/mol. The predicted molar refractivity (Wildman–Crippen MR) is 74.0 cm³/mol. The summed E-state index contributed by atoms with van der Waals surface area (Å²) in [5, 5.41) is 4.15. The Kier molecular flexibility index (Phi) is 4.49. The molecule has 2 atom stereocenters. The van der Waals surface area contributed by atoms with Gasteiger partial charge in [0.2, 0.25) is 5.91 Å². The Morgan fingerprint density at radius 2 is 2.22 bits per heavy atom. The van der Waals surface area contributed by atoms with E-state index in [1.807, 2.05) is 12.1 Å². The standard InChI is InChI=1S/C13H16Cl2N2O/c14-8-2-3-9(12(15)6-8)10-7-11(10)13(18)17-5-1-4-16/h2-3,6,10-11H,1,4-5,7,16H2,(H,17,18). The molecule has 3 N–H and O–H groups in total.